The molecule has 5 nitrogen and oxygen atoms in total. The molecule has 1 amide bonds. The number of thioether (sulfide) groups is 1. The van der Waals surface area contributed by atoms with Crippen LogP contribution in [0, 0.1) is 0 Å². The van der Waals surface area contributed by atoms with E-state index in [0.29, 0.717) is 25.3 Å². The van der Waals surface area contributed by atoms with Gasteiger partial charge in [-0.05, 0) is 0 Å². The van der Waals surface area contributed by atoms with Crippen LogP contribution in [0.25, 0.3) is 0 Å². The third-order valence-electron chi connectivity index (χ3n) is 2.34. The van der Waals surface area contributed by atoms with Crippen molar-refractivity contribution in [3.8, 4) is 0 Å². The van der Waals surface area contributed by atoms with Gasteiger partial charge in [-0.2, -0.15) is 0 Å². The highest BCUT2D eigenvalue weighted by Gasteiger charge is 2.31. The molecule has 1 aliphatic heterocycles. The lowest BCUT2D eigenvalue weighted by molar-refractivity contribution is -0.128. The Morgan fingerprint density at radius 1 is 1.75 bits per heavy atom. The van der Waals surface area contributed by atoms with E-state index in [1.807, 2.05) is 0 Å². The Morgan fingerprint density at radius 2 is 2.56 bits per heavy atom. The van der Waals surface area contributed by atoms with Gasteiger partial charge >= 0.3 is 0 Å². The van der Waals surface area contributed by atoms with Crippen LogP contribution in [0.4, 0.5) is 0 Å². The lowest BCUT2D eigenvalue weighted by atomic mass is 10.4. The highest BCUT2D eigenvalue weighted by atomic mass is 32.2. The average molecular weight is 240 g/mol. The third kappa shape index (κ3) is 2.63. The first-order valence-corrected chi connectivity index (χ1v) is 5.85. The molecular weight excluding hydrogens is 228 g/mol. The van der Waals surface area contributed by atoms with Gasteiger partial charge in [0.15, 0.2) is 11.5 Å². The second-order valence-corrected chi connectivity index (χ2v) is 5.15. The Labute approximate surface area is 97.2 Å². The van der Waals surface area contributed by atoms with Gasteiger partial charge in [0, 0.05) is 25.1 Å². The molecule has 6 heteroatoms. The number of carbonyl (C=O) groups is 2. The van der Waals surface area contributed by atoms with Crippen molar-refractivity contribution in [2.75, 3.05) is 6.54 Å². The minimum Gasteiger partial charge on any atom is -0.447 e. The van der Waals surface area contributed by atoms with Gasteiger partial charge in [0.25, 0.3) is 0 Å². The molecule has 2 rings (SSSR count). The molecule has 0 saturated carbocycles. The molecular formula is C10H12N2O3S. The van der Waals surface area contributed by atoms with Gasteiger partial charge in [-0.15, -0.1) is 0 Å². The van der Waals surface area contributed by atoms with Crippen LogP contribution in [-0.4, -0.2) is 32.7 Å². The van der Waals surface area contributed by atoms with Gasteiger partial charge in [-0.1, -0.05) is 11.8 Å². The van der Waals surface area contributed by atoms with Gasteiger partial charge < -0.3 is 9.32 Å². The number of oxazole rings is 1. The highest BCUT2D eigenvalue weighted by Crippen LogP contribution is 2.25. The maximum atomic E-state index is 11.6. The van der Waals surface area contributed by atoms with E-state index < -0.39 is 0 Å². The molecule has 0 aliphatic carbocycles. The number of nitrogens with zero attached hydrogens (tertiary/aromatic N) is 2. The molecule has 1 aromatic rings. The van der Waals surface area contributed by atoms with Gasteiger partial charge in [0.2, 0.25) is 5.91 Å². The summed E-state index contributed by atoms with van der Waals surface area (Å²) >= 11 is 1.23. The van der Waals surface area contributed by atoms with Crippen molar-refractivity contribution in [2.24, 2.45) is 0 Å². The Kier molecular flexibility index (Phi) is 3.28. The Balaban J connectivity index is 1.92. The average Bonchev–Trinajstić information content (AvgIpc) is 2.77. The van der Waals surface area contributed by atoms with Crippen LogP contribution in [0.15, 0.2) is 17.0 Å². The zero-order valence-corrected chi connectivity index (χ0v) is 9.70. The maximum absolute atomic E-state index is 11.6. The molecule has 1 aliphatic rings. The summed E-state index contributed by atoms with van der Waals surface area (Å²) in [5.41, 5.74) is 0. The Bertz CT molecular complexity index is 391. The summed E-state index contributed by atoms with van der Waals surface area (Å²) in [6.07, 6.45) is 3.37. The summed E-state index contributed by atoms with van der Waals surface area (Å²) < 4.78 is 5.08. The molecule has 0 spiro atoms. The van der Waals surface area contributed by atoms with Crippen molar-refractivity contribution < 1.29 is 14.0 Å². The molecule has 0 radical (unpaired) electrons. The topological polar surface area (TPSA) is 63.4 Å². The molecule has 1 aromatic heterocycles. The van der Waals surface area contributed by atoms with Crippen LogP contribution in [0.1, 0.15) is 19.1 Å². The van der Waals surface area contributed by atoms with Crippen molar-refractivity contribution in [1.29, 1.82) is 0 Å². The monoisotopic (exact) mass is 240 g/mol. The number of aromatic nitrogens is 1. The molecule has 0 N–H and O–H groups in total. The first kappa shape index (κ1) is 11.2. The summed E-state index contributed by atoms with van der Waals surface area (Å²) in [5, 5.41) is 0.132. The van der Waals surface area contributed by atoms with E-state index in [1.165, 1.54) is 25.1 Å². The van der Waals surface area contributed by atoms with Crippen molar-refractivity contribution in [2.45, 2.75) is 25.1 Å². The molecule has 2 heterocycles. The lowest BCUT2D eigenvalue weighted by Crippen LogP contribution is -2.24. The molecule has 0 aromatic carbocycles. The Hall–Kier alpha value is -1.30. The molecule has 1 saturated heterocycles. The fourth-order valence-electron chi connectivity index (χ4n) is 1.71. The molecule has 86 valence electrons. The number of hydrogen-bond donors (Lipinski definition) is 0. The minimum absolute atomic E-state index is 0.0549. The van der Waals surface area contributed by atoms with Crippen molar-refractivity contribution in [1.82, 2.24) is 9.88 Å². The summed E-state index contributed by atoms with van der Waals surface area (Å²) in [5.74, 6) is 0.733. The first-order valence-electron chi connectivity index (χ1n) is 4.97. The third-order valence-corrected chi connectivity index (χ3v) is 3.32. The SMILES string of the molecule is CC(=O)SC1CC(=O)N(Cc2cnco2)C1. The number of hydrogen-bond acceptors (Lipinski definition) is 5. The van der Waals surface area contributed by atoms with Crippen LogP contribution >= 0.6 is 11.8 Å². The largest absolute Gasteiger partial charge is 0.447 e. The quantitative estimate of drug-likeness (QED) is 0.790. The normalized spacial score (nSPS) is 20.4. The predicted molar refractivity (Wildman–Crippen MR) is 58.6 cm³/mol. The van der Waals surface area contributed by atoms with Crippen LogP contribution in [0.2, 0.25) is 0 Å². The van der Waals surface area contributed by atoms with Gasteiger partial charge in [-0.25, -0.2) is 4.98 Å². The van der Waals surface area contributed by atoms with Crippen LogP contribution in [0.5, 0.6) is 0 Å². The number of amides is 1. The van der Waals surface area contributed by atoms with E-state index in [4.69, 9.17) is 4.42 Å². The first-order chi connectivity index (χ1) is 7.65. The minimum atomic E-state index is 0.0549. The second-order valence-electron chi connectivity index (χ2n) is 3.68. The van der Waals surface area contributed by atoms with Gasteiger partial charge in [-0.3, -0.25) is 9.59 Å². The van der Waals surface area contributed by atoms with Crippen molar-refractivity contribution >= 4 is 22.8 Å². The van der Waals surface area contributed by atoms with E-state index in [9.17, 15) is 9.59 Å². The van der Waals surface area contributed by atoms with E-state index in [-0.39, 0.29) is 16.3 Å². The highest BCUT2D eigenvalue weighted by molar-refractivity contribution is 8.14. The summed E-state index contributed by atoms with van der Waals surface area (Å²) in [7, 11) is 0. The molecule has 0 bridgehead atoms. The van der Waals surface area contributed by atoms with Gasteiger partial charge in [0.1, 0.15) is 5.76 Å². The molecule has 1 fully saturated rings. The van der Waals surface area contributed by atoms with Crippen LogP contribution < -0.4 is 0 Å². The summed E-state index contributed by atoms with van der Waals surface area (Å²) in [6, 6.07) is 0. The fraction of sp³-hybridized carbons (Fsp3) is 0.500. The van der Waals surface area contributed by atoms with E-state index in [1.54, 1.807) is 11.1 Å². The van der Waals surface area contributed by atoms with E-state index >= 15 is 0 Å². The Morgan fingerprint density at radius 3 is 3.19 bits per heavy atom. The van der Waals surface area contributed by atoms with Crippen molar-refractivity contribution in [3.63, 3.8) is 0 Å². The van der Waals surface area contributed by atoms with E-state index in [0.717, 1.165) is 0 Å². The molecule has 1 unspecified atom stereocenters. The fourth-order valence-corrected chi connectivity index (χ4v) is 2.66. The van der Waals surface area contributed by atoms with Crippen LogP contribution in [-0.2, 0) is 16.1 Å². The van der Waals surface area contributed by atoms with Crippen LogP contribution in [0.3, 0.4) is 0 Å². The number of carbonyl (C=O) groups excluding carboxylic acids is 2. The zero-order valence-electron chi connectivity index (χ0n) is 8.88. The maximum Gasteiger partial charge on any atom is 0.224 e. The molecule has 1 atom stereocenters. The lowest BCUT2D eigenvalue weighted by Gasteiger charge is -2.13. The summed E-state index contributed by atoms with van der Waals surface area (Å²) in [4.78, 5) is 28.1. The predicted octanol–water partition coefficient (Wildman–Crippen LogP) is 1.06. The number of rotatable bonds is 3. The second kappa shape index (κ2) is 4.69. The van der Waals surface area contributed by atoms with Gasteiger partial charge in [0.05, 0.1) is 12.7 Å². The standard InChI is InChI=1S/C10H12N2O3S/c1-7(13)16-9-2-10(14)12(5-9)4-8-3-11-6-15-8/h3,6,9H,2,4-5H2,1H3. The van der Waals surface area contributed by atoms with E-state index in [2.05, 4.69) is 4.98 Å². The summed E-state index contributed by atoms with van der Waals surface area (Å²) in [6.45, 7) is 2.56. The van der Waals surface area contributed by atoms with Crippen molar-refractivity contribution in [3.05, 3.63) is 18.4 Å². The zero-order chi connectivity index (χ0) is 11.5. The smallest absolute Gasteiger partial charge is 0.224 e. The molecule has 16 heavy (non-hydrogen) atoms. The number of likely N-dealkylation sites (tertiary alicyclic amines) is 1.